The molecule has 1 aliphatic heterocycles. The van der Waals surface area contributed by atoms with Crippen LogP contribution in [0.5, 0.6) is 0 Å². The maximum Gasteiger partial charge on any atom is 0.308 e. The van der Waals surface area contributed by atoms with E-state index in [1.165, 1.54) is 0 Å². The predicted molar refractivity (Wildman–Crippen MR) is 71.6 cm³/mol. The van der Waals surface area contributed by atoms with Crippen LogP contribution < -0.4 is 0 Å². The third-order valence-electron chi connectivity index (χ3n) is 4.86. The van der Waals surface area contributed by atoms with Crippen molar-refractivity contribution in [2.45, 2.75) is 45.2 Å². The highest BCUT2D eigenvalue weighted by Crippen LogP contribution is 2.33. The van der Waals surface area contributed by atoms with Crippen LogP contribution in [0.2, 0.25) is 0 Å². The van der Waals surface area contributed by atoms with E-state index in [2.05, 4.69) is 30.7 Å². The van der Waals surface area contributed by atoms with Gasteiger partial charge in [0, 0.05) is 31.7 Å². The van der Waals surface area contributed by atoms with Crippen molar-refractivity contribution in [1.29, 1.82) is 0 Å². The van der Waals surface area contributed by atoms with Crippen LogP contribution in [0.3, 0.4) is 0 Å². The molecular weight excluding hydrogens is 228 g/mol. The third-order valence-corrected chi connectivity index (χ3v) is 4.86. The van der Waals surface area contributed by atoms with Gasteiger partial charge in [-0.05, 0) is 39.2 Å². The number of hydrogen-bond acceptors (Lipinski definition) is 3. The van der Waals surface area contributed by atoms with Gasteiger partial charge >= 0.3 is 5.97 Å². The van der Waals surface area contributed by atoms with E-state index in [0.29, 0.717) is 12.0 Å². The molecule has 4 heteroatoms. The molecule has 2 aliphatic rings. The molecule has 104 valence electrons. The molecule has 4 nitrogen and oxygen atoms in total. The van der Waals surface area contributed by atoms with E-state index in [1.54, 1.807) is 0 Å². The van der Waals surface area contributed by atoms with Gasteiger partial charge in [-0.2, -0.15) is 0 Å². The lowest BCUT2D eigenvalue weighted by Gasteiger charge is -2.46. The van der Waals surface area contributed by atoms with E-state index in [-0.39, 0.29) is 12.0 Å². The van der Waals surface area contributed by atoms with E-state index in [4.69, 9.17) is 0 Å². The minimum atomic E-state index is -0.599. The summed E-state index contributed by atoms with van der Waals surface area (Å²) in [6.07, 6.45) is 2.96. The Morgan fingerprint density at radius 1 is 1.22 bits per heavy atom. The zero-order valence-corrected chi connectivity index (χ0v) is 11.8. The molecule has 1 saturated carbocycles. The standard InChI is InChI=1S/C14H26N2O2/c1-10-4-5-12(14(17)18)13(8-10)16-7-6-15(3)11(2)9-16/h10-13H,4-9H2,1-3H3,(H,17,18). The molecule has 0 aromatic carbocycles. The van der Waals surface area contributed by atoms with Crippen molar-refractivity contribution in [2.75, 3.05) is 26.7 Å². The highest BCUT2D eigenvalue weighted by Gasteiger charge is 2.38. The summed E-state index contributed by atoms with van der Waals surface area (Å²) in [7, 11) is 2.15. The fourth-order valence-electron chi connectivity index (χ4n) is 3.42. The Hall–Kier alpha value is -0.610. The normalized spacial score (nSPS) is 39.7. The lowest BCUT2D eigenvalue weighted by molar-refractivity contribution is -0.146. The monoisotopic (exact) mass is 254 g/mol. The molecule has 2 fully saturated rings. The molecule has 18 heavy (non-hydrogen) atoms. The summed E-state index contributed by atoms with van der Waals surface area (Å²) in [5, 5.41) is 9.41. The summed E-state index contributed by atoms with van der Waals surface area (Å²) in [5.74, 6) is -0.0872. The second kappa shape index (κ2) is 5.57. The predicted octanol–water partition coefficient (Wildman–Crippen LogP) is 1.51. The van der Waals surface area contributed by atoms with Crippen molar-refractivity contribution in [3.05, 3.63) is 0 Å². The Balaban J connectivity index is 2.05. The Kier molecular flexibility index (Phi) is 4.28. The summed E-state index contributed by atoms with van der Waals surface area (Å²) in [6, 6.07) is 0.785. The molecule has 1 aliphatic carbocycles. The second-order valence-electron chi connectivity index (χ2n) is 6.25. The molecule has 0 spiro atoms. The zero-order chi connectivity index (χ0) is 13.3. The zero-order valence-electron chi connectivity index (χ0n) is 11.8. The average Bonchev–Trinajstić information content (AvgIpc) is 2.32. The van der Waals surface area contributed by atoms with Gasteiger partial charge in [0.15, 0.2) is 0 Å². The first-order valence-electron chi connectivity index (χ1n) is 7.16. The Labute approximate surface area is 110 Å². The van der Waals surface area contributed by atoms with Crippen molar-refractivity contribution in [3.63, 3.8) is 0 Å². The van der Waals surface area contributed by atoms with Crippen molar-refractivity contribution < 1.29 is 9.90 Å². The van der Waals surface area contributed by atoms with E-state index < -0.39 is 5.97 Å². The number of carbonyl (C=O) groups is 1. The van der Waals surface area contributed by atoms with Crippen LogP contribution >= 0.6 is 0 Å². The van der Waals surface area contributed by atoms with Crippen molar-refractivity contribution in [3.8, 4) is 0 Å². The highest BCUT2D eigenvalue weighted by molar-refractivity contribution is 5.71. The lowest BCUT2D eigenvalue weighted by Crippen LogP contribution is -2.57. The van der Waals surface area contributed by atoms with Gasteiger partial charge in [0.05, 0.1) is 5.92 Å². The summed E-state index contributed by atoms with van der Waals surface area (Å²) in [6.45, 7) is 7.57. The minimum Gasteiger partial charge on any atom is -0.481 e. The van der Waals surface area contributed by atoms with Crippen LogP contribution in [0, 0.1) is 11.8 Å². The van der Waals surface area contributed by atoms with E-state index in [1.807, 2.05) is 0 Å². The summed E-state index contributed by atoms with van der Waals surface area (Å²) in [4.78, 5) is 16.2. The van der Waals surface area contributed by atoms with Gasteiger partial charge < -0.3 is 10.0 Å². The van der Waals surface area contributed by atoms with Crippen LogP contribution in [-0.2, 0) is 4.79 Å². The molecule has 4 unspecified atom stereocenters. The molecule has 0 bridgehead atoms. The third kappa shape index (κ3) is 2.86. The molecular formula is C14H26N2O2. The Morgan fingerprint density at radius 2 is 1.94 bits per heavy atom. The van der Waals surface area contributed by atoms with Gasteiger partial charge in [0.2, 0.25) is 0 Å². The topological polar surface area (TPSA) is 43.8 Å². The van der Waals surface area contributed by atoms with E-state index in [0.717, 1.165) is 38.9 Å². The summed E-state index contributed by atoms with van der Waals surface area (Å²) >= 11 is 0. The molecule has 0 aromatic heterocycles. The highest BCUT2D eigenvalue weighted by atomic mass is 16.4. The average molecular weight is 254 g/mol. The molecule has 4 atom stereocenters. The smallest absolute Gasteiger partial charge is 0.308 e. The Morgan fingerprint density at radius 3 is 2.56 bits per heavy atom. The number of rotatable bonds is 2. The first-order valence-corrected chi connectivity index (χ1v) is 7.16. The fraction of sp³-hybridized carbons (Fsp3) is 0.929. The molecule has 0 amide bonds. The SMILES string of the molecule is CC1CCC(C(=O)O)C(N2CCN(C)C(C)C2)C1. The Bertz CT molecular complexity index is 308. The van der Waals surface area contributed by atoms with Gasteiger partial charge in [0.1, 0.15) is 0 Å². The molecule has 0 aromatic rings. The fourth-order valence-corrected chi connectivity index (χ4v) is 3.42. The van der Waals surface area contributed by atoms with Crippen molar-refractivity contribution in [2.24, 2.45) is 11.8 Å². The van der Waals surface area contributed by atoms with Gasteiger partial charge in [0.25, 0.3) is 0 Å². The van der Waals surface area contributed by atoms with Gasteiger partial charge in [-0.15, -0.1) is 0 Å². The van der Waals surface area contributed by atoms with Crippen molar-refractivity contribution >= 4 is 5.97 Å². The number of carboxylic acids is 1. The first-order chi connectivity index (χ1) is 8.49. The molecule has 1 N–H and O–H groups in total. The van der Waals surface area contributed by atoms with E-state index >= 15 is 0 Å². The number of piperazine rings is 1. The maximum absolute atomic E-state index is 11.4. The molecule has 2 rings (SSSR count). The largest absolute Gasteiger partial charge is 0.481 e. The van der Waals surface area contributed by atoms with Crippen molar-refractivity contribution in [1.82, 2.24) is 9.80 Å². The number of likely N-dealkylation sites (N-methyl/N-ethyl adjacent to an activating group) is 1. The van der Waals surface area contributed by atoms with Gasteiger partial charge in [-0.3, -0.25) is 9.69 Å². The molecule has 1 saturated heterocycles. The first kappa shape index (κ1) is 13.8. The number of carboxylic acid groups (broad SMARTS) is 1. The summed E-state index contributed by atoms with van der Waals surface area (Å²) in [5.41, 5.74) is 0. The van der Waals surface area contributed by atoms with Crippen LogP contribution in [-0.4, -0.2) is 59.6 Å². The van der Waals surface area contributed by atoms with Gasteiger partial charge in [-0.25, -0.2) is 0 Å². The quantitative estimate of drug-likeness (QED) is 0.811. The van der Waals surface area contributed by atoms with E-state index in [9.17, 15) is 9.90 Å². The lowest BCUT2D eigenvalue weighted by atomic mass is 9.78. The molecule has 1 heterocycles. The number of nitrogens with zero attached hydrogens (tertiary/aromatic N) is 2. The number of aliphatic carboxylic acids is 1. The molecule has 0 radical (unpaired) electrons. The van der Waals surface area contributed by atoms with Crippen LogP contribution in [0.15, 0.2) is 0 Å². The van der Waals surface area contributed by atoms with Crippen LogP contribution in [0.25, 0.3) is 0 Å². The van der Waals surface area contributed by atoms with Gasteiger partial charge in [-0.1, -0.05) is 6.92 Å². The maximum atomic E-state index is 11.4. The summed E-state index contributed by atoms with van der Waals surface area (Å²) < 4.78 is 0. The second-order valence-corrected chi connectivity index (χ2v) is 6.25. The minimum absolute atomic E-state index is 0.156. The van der Waals surface area contributed by atoms with Crippen LogP contribution in [0.1, 0.15) is 33.1 Å². The van der Waals surface area contributed by atoms with Crippen LogP contribution in [0.4, 0.5) is 0 Å². The number of hydrogen-bond donors (Lipinski definition) is 1.